The molecule has 3 aromatic rings. The molecule has 0 fully saturated rings. The lowest BCUT2D eigenvalue weighted by Crippen LogP contribution is -2.11. The van der Waals surface area contributed by atoms with E-state index in [1.54, 1.807) is 0 Å². The Morgan fingerprint density at radius 2 is 1.95 bits per heavy atom. The highest BCUT2D eigenvalue weighted by molar-refractivity contribution is 5.81. The first-order chi connectivity index (χ1) is 9.70. The summed E-state index contributed by atoms with van der Waals surface area (Å²) in [6.45, 7) is 0.217. The summed E-state index contributed by atoms with van der Waals surface area (Å²) in [4.78, 5) is 4.66. The van der Waals surface area contributed by atoms with Crippen molar-refractivity contribution < 1.29 is 5.11 Å². The van der Waals surface area contributed by atoms with Crippen LogP contribution in [-0.4, -0.2) is 21.2 Å². The van der Waals surface area contributed by atoms with Crippen molar-refractivity contribution in [1.82, 2.24) is 9.55 Å². The molecule has 0 aliphatic carbocycles. The minimum Gasteiger partial charge on any atom is -0.387 e. The third-order valence-electron chi connectivity index (χ3n) is 3.54. The fourth-order valence-corrected chi connectivity index (χ4v) is 2.40. The van der Waals surface area contributed by atoms with Gasteiger partial charge >= 0.3 is 0 Å². The van der Waals surface area contributed by atoms with Crippen LogP contribution < -0.4 is 5.73 Å². The zero-order valence-electron chi connectivity index (χ0n) is 11.3. The second-order valence-electron chi connectivity index (χ2n) is 4.86. The SMILES string of the molecule is Cn1c(-c2ccccc2)nc2ccc(C(O)CN)cc21. The number of aromatic nitrogens is 2. The number of imidazole rings is 1. The van der Waals surface area contributed by atoms with Gasteiger partial charge in [0.05, 0.1) is 17.1 Å². The molecule has 0 aliphatic rings. The van der Waals surface area contributed by atoms with Gasteiger partial charge in [0.15, 0.2) is 0 Å². The van der Waals surface area contributed by atoms with Crippen LogP contribution in [0.25, 0.3) is 22.4 Å². The highest BCUT2D eigenvalue weighted by atomic mass is 16.3. The maximum atomic E-state index is 9.85. The minimum absolute atomic E-state index is 0.217. The topological polar surface area (TPSA) is 64.1 Å². The average Bonchev–Trinajstić information content (AvgIpc) is 2.84. The van der Waals surface area contributed by atoms with Gasteiger partial charge < -0.3 is 15.4 Å². The van der Waals surface area contributed by atoms with Crippen LogP contribution in [0.5, 0.6) is 0 Å². The van der Waals surface area contributed by atoms with E-state index in [4.69, 9.17) is 5.73 Å². The third-order valence-corrected chi connectivity index (χ3v) is 3.54. The fourth-order valence-electron chi connectivity index (χ4n) is 2.40. The largest absolute Gasteiger partial charge is 0.387 e. The van der Waals surface area contributed by atoms with Crippen LogP contribution in [0.1, 0.15) is 11.7 Å². The molecule has 0 aliphatic heterocycles. The smallest absolute Gasteiger partial charge is 0.140 e. The highest BCUT2D eigenvalue weighted by Gasteiger charge is 2.12. The van der Waals surface area contributed by atoms with Crippen LogP contribution in [0, 0.1) is 0 Å². The molecule has 0 saturated carbocycles. The van der Waals surface area contributed by atoms with E-state index < -0.39 is 6.10 Å². The van der Waals surface area contributed by atoms with Gasteiger partial charge in [0, 0.05) is 19.2 Å². The number of rotatable bonds is 3. The monoisotopic (exact) mass is 267 g/mol. The lowest BCUT2D eigenvalue weighted by atomic mass is 10.1. The van der Waals surface area contributed by atoms with Gasteiger partial charge in [-0.05, 0) is 17.7 Å². The summed E-state index contributed by atoms with van der Waals surface area (Å²) in [5, 5.41) is 9.85. The van der Waals surface area contributed by atoms with E-state index in [0.29, 0.717) is 0 Å². The molecule has 1 aromatic heterocycles. The summed E-state index contributed by atoms with van der Waals surface area (Å²) in [7, 11) is 1.98. The van der Waals surface area contributed by atoms with Crippen molar-refractivity contribution in [2.24, 2.45) is 12.8 Å². The Bertz CT molecular complexity index is 734. The molecule has 1 unspecified atom stereocenters. The Balaban J connectivity index is 2.16. The number of fused-ring (bicyclic) bond motifs is 1. The summed E-state index contributed by atoms with van der Waals surface area (Å²) in [6, 6.07) is 15.8. The number of aliphatic hydroxyl groups is 1. The Hall–Kier alpha value is -2.17. The maximum absolute atomic E-state index is 9.85. The number of benzene rings is 2. The van der Waals surface area contributed by atoms with E-state index in [-0.39, 0.29) is 6.54 Å². The van der Waals surface area contributed by atoms with Gasteiger partial charge in [0.25, 0.3) is 0 Å². The van der Waals surface area contributed by atoms with Crippen molar-refractivity contribution in [1.29, 1.82) is 0 Å². The van der Waals surface area contributed by atoms with Crippen molar-refractivity contribution in [3.63, 3.8) is 0 Å². The van der Waals surface area contributed by atoms with Gasteiger partial charge in [0.1, 0.15) is 5.82 Å². The average molecular weight is 267 g/mol. The van der Waals surface area contributed by atoms with Crippen molar-refractivity contribution in [2.75, 3.05) is 6.54 Å². The van der Waals surface area contributed by atoms with Gasteiger partial charge in [-0.1, -0.05) is 36.4 Å². The summed E-state index contributed by atoms with van der Waals surface area (Å²) in [5.74, 6) is 0.917. The van der Waals surface area contributed by atoms with Crippen LogP contribution in [0.3, 0.4) is 0 Å². The van der Waals surface area contributed by atoms with Gasteiger partial charge in [-0.25, -0.2) is 4.98 Å². The Morgan fingerprint density at radius 1 is 1.20 bits per heavy atom. The van der Waals surface area contributed by atoms with E-state index in [2.05, 4.69) is 4.98 Å². The van der Waals surface area contributed by atoms with Crippen molar-refractivity contribution in [3.05, 3.63) is 54.1 Å². The Kier molecular flexibility index (Phi) is 3.26. The van der Waals surface area contributed by atoms with Crippen LogP contribution in [-0.2, 0) is 7.05 Å². The van der Waals surface area contributed by atoms with Crippen molar-refractivity contribution in [2.45, 2.75) is 6.10 Å². The number of hydrogen-bond donors (Lipinski definition) is 2. The molecule has 3 rings (SSSR count). The first kappa shape index (κ1) is 12.8. The van der Waals surface area contributed by atoms with Crippen LogP contribution in [0.15, 0.2) is 48.5 Å². The molecule has 2 aromatic carbocycles. The van der Waals surface area contributed by atoms with Gasteiger partial charge in [-0.3, -0.25) is 0 Å². The first-order valence-electron chi connectivity index (χ1n) is 6.60. The van der Waals surface area contributed by atoms with E-state index in [9.17, 15) is 5.11 Å². The molecule has 0 amide bonds. The van der Waals surface area contributed by atoms with E-state index >= 15 is 0 Å². The molecule has 1 heterocycles. The number of aliphatic hydroxyl groups excluding tert-OH is 1. The predicted molar refractivity (Wildman–Crippen MR) is 80.2 cm³/mol. The summed E-state index contributed by atoms with van der Waals surface area (Å²) < 4.78 is 2.04. The summed E-state index contributed by atoms with van der Waals surface area (Å²) >= 11 is 0. The quantitative estimate of drug-likeness (QED) is 0.765. The van der Waals surface area contributed by atoms with Gasteiger partial charge in [-0.2, -0.15) is 0 Å². The normalized spacial score (nSPS) is 12.8. The Morgan fingerprint density at radius 3 is 2.65 bits per heavy atom. The maximum Gasteiger partial charge on any atom is 0.140 e. The van der Waals surface area contributed by atoms with Gasteiger partial charge in [-0.15, -0.1) is 0 Å². The molecular formula is C16H17N3O. The number of nitrogens with zero attached hydrogens (tertiary/aromatic N) is 2. The standard InChI is InChI=1S/C16H17N3O/c1-19-14-9-12(15(20)10-17)7-8-13(14)18-16(19)11-5-3-2-4-6-11/h2-9,15,20H,10,17H2,1H3. The second-order valence-corrected chi connectivity index (χ2v) is 4.86. The van der Waals surface area contributed by atoms with E-state index in [1.807, 2.05) is 60.1 Å². The van der Waals surface area contributed by atoms with Crippen molar-refractivity contribution >= 4 is 11.0 Å². The Labute approximate surface area is 117 Å². The molecule has 20 heavy (non-hydrogen) atoms. The van der Waals surface area contributed by atoms with Gasteiger partial charge in [0.2, 0.25) is 0 Å². The molecule has 3 N–H and O–H groups in total. The molecule has 0 saturated heterocycles. The lowest BCUT2D eigenvalue weighted by Gasteiger charge is -2.08. The molecular weight excluding hydrogens is 250 g/mol. The minimum atomic E-state index is -0.630. The predicted octanol–water partition coefficient (Wildman–Crippen LogP) is 2.23. The highest BCUT2D eigenvalue weighted by Crippen LogP contribution is 2.25. The zero-order valence-corrected chi connectivity index (χ0v) is 11.3. The molecule has 4 nitrogen and oxygen atoms in total. The zero-order chi connectivity index (χ0) is 14.1. The fraction of sp³-hybridized carbons (Fsp3) is 0.188. The van der Waals surface area contributed by atoms with Crippen LogP contribution >= 0.6 is 0 Å². The summed E-state index contributed by atoms with van der Waals surface area (Å²) in [6.07, 6.45) is -0.630. The summed E-state index contributed by atoms with van der Waals surface area (Å²) in [5.41, 5.74) is 9.32. The number of hydrogen-bond acceptors (Lipinski definition) is 3. The van der Waals surface area contributed by atoms with E-state index in [1.165, 1.54) is 0 Å². The van der Waals surface area contributed by atoms with Crippen LogP contribution in [0.2, 0.25) is 0 Å². The number of aryl methyl sites for hydroxylation is 1. The molecule has 4 heteroatoms. The molecule has 0 bridgehead atoms. The first-order valence-corrected chi connectivity index (χ1v) is 6.60. The molecule has 0 radical (unpaired) electrons. The molecule has 1 atom stereocenters. The second kappa shape index (κ2) is 5.07. The molecule has 102 valence electrons. The van der Waals surface area contributed by atoms with Crippen LogP contribution in [0.4, 0.5) is 0 Å². The third kappa shape index (κ3) is 2.09. The van der Waals surface area contributed by atoms with E-state index in [0.717, 1.165) is 28.0 Å². The lowest BCUT2D eigenvalue weighted by molar-refractivity contribution is 0.187. The molecule has 0 spiro atoms. The van der Waals surface area contributed by atoms with Crippen molar-refractivity contribution in [3.8, 4) is 11.4 Å². The number of nitrogens with two attached hydrogens (primary N) is 1.